The molecular formula is C27H35FO. The molecule has 1 unspecified atom stereocenters. The van der Waals surface area contributed by atoms with Gasteiger partial charge in [0.05, 0.1) is 6.10 Å². The highest BCUT2D eigenvalue weighted by Gasteiger charge is 2.06. The molecule has 0 radical (unpaired) electrons. The number of halogens is 1. The van der Waals surface area contributed by atoms with Crippen LogP contribution in [-0.2, 0) is 11.2 Å². The van der Waals surface area contributed by atoms with Crippen molar-refractivity contribution in [1.82, 2.24) is 0 Å². The molecule has 2 aromatic rings. The zero-order chi connectivity index (χ0) is 20.9. The molecule has 0 aliphatic rings. The molecule has 0 aromatic heterocycles. The Morgan fingerprint density at radius 2 is 1.86 bits per heavy atom. The van der Waals surface area contributed by atoms with Crippen molar-refractivity contribution in [2.24, 2.45) is 0 Å². The molecule has 1 nitrogen and oxygen atoms in total. The van der Waals surface area contributed by atoms with Crippen LogP contribution in [-0.4, -0.2) is 12.7 Å². The number of unbranched alkanes of at least 4 members (excludes halogenated alkanes) is 3. The van der Waals surface area contributed by atoms with Crippen molar-refractivity contribution in [2.45, 2.75) is 64.9 Å². The van der Waals surface area contributed by atoms with Gasteiger partial charge in [0.2, 0.25) is 0 Å². The van der Waals surface area contributed by atoms with E-state index >= 15 is 0 Å². The number of hydrogen-bond donors (Lipinski definition) is 0. The molecule has 0 fully saturated rings. The lowest BCUT2D eigenvalue weighted by Crippen LogP contribution is -2.08. The van der Waals surface area contributed by atoms with Crippen molar-refractivity contribution in [2.75, 3.05) is 6.61 Å². The lowest BCUT2D eigenvalue weighted by Gasteiger charge is -2.12. The third-order valence-corrected chi connectivity index (χ3v) is 5.08. The predicted molar refractivity (Wildman–Crippen MR) is 124 cm³/mol. The Bertz CT molecular complexity index is 761. The summed E-state index contributed by atoms with van der Waals surface area (Å²) in [6, 6.07) is 13.5. The summed E-state index contributed by atoms with van der Waals surface area (Å²) in [4.78, 5) is 0. The standard InChI is InChI=1S/C27H35FO/c1-4-6-10-20-29-22(3)12-8-7-9-13-23-14-17-25(18-15-23)26-19-16-24(11-5-2)21-27(26)28/h5,9,13-19,21-22H,2,4,6-8,10-12,20H2,1,3H3/b13-9+. The summed E-state index contributed by atoms with van der Waals surface area (Å²) in [5, 5.41) is 0. The molecule has 0 aliphatic heterocycles. The van der Waals surface area contributed by atoms with E-state index in [9.17, 15) is 4.39 Å². The van der Waals surface area contributed by atoms with Crippen LogP contribution >= 0.6 is 0 Å². The van der Waals surface area contributed by atoms with Gasteiger partial charge in [0.15, 0.2) is 0 Å². The maximum Gasteiger partial charge on any atom is 0.131 e. The monoisotopic (exact) mass is 394 g/mol. The minimum atomic E-state index is -0.182. The Hall–Kier alpha value is -2.19. The SMILES string of the molecule is C=CCc1ccc(-c2ccc(/C=C/CCCC(C)OCCCCC)cc2)c(F)c1. The highest BCUT2D eigenvalue weighted by atomic mass is 19.1. The van der Waals surface area contributed by atoms with Crippen LogP contribution in [0.4, 0.5) is 4.39 Å². The molecule has 156 valence electrons. The number of hydrogen-bond acceptors (Lipinski definition) is 1. The van der Waals surface area contributed by atoms with E-state index in [1.54, 1.807) is 12.1 Å². The Morgan fingerprint density at radius 3 is 2.55 bits per heavy atom. The molecule has 0 saturated heterocycles. The molecular weight excluding hydrogens is 359 g/mol. The number of allylic oxidation sites excluding steroid dienone is 2. The third-order valence-electron chi connectivity index (χ3n) is 5.08. The first kappa shape index (κ1) is 23.1. The van der Waals surface area contributed by atoms with Crippen molar-refractivity contribution >= 4 is 6.08 Å². The van der Waals surface area contributed by atoms with Gasteiger partial charge in [-0.3, -0.25) is 0 Å². The van der Waals surface area contributed by atoms with Crippen molar-refractivity contribution in [3.8, 4) is 11.1 Å². The van der Waals surface area contributed by atoms with Gasteiger partial charge in [-0.05, 0) is 61.8 Å². The molecule has 0 bridgehead atoms. The summed E-state index contributed by atoms with van der Waals surface area (Å²) in [5.41, 5.74) is 3.63. The third kappa shape index (κ3) is 8.37. The first-order valence-corrected chi connectivity index (χ1v) is 10.9. The molecule has 1 atom stereocenters. The quantitative estimate of drug-likeness (QED) is 0.247. The van der Waals surface area contributed by atoms with Crippen molar-refractivity contribution < 1.29 is 9.13 Å². The van der Waals surface area contributed by atoms with Gasteiger partial charge in [0.25, 0.3) is 0 Å². The van der Waals surface area contributed by atoms with E-state index in [1.165, 1.54) is 19.3 Å². The van der Waals surface area contributed by atoms with Crippen LogP contribution < -0.4 is 0 Å². The van der Waals surface area contributed by atoms with Crippen molar-refractivity contribution in [1.29, 1.82) is 0 Å². The van der Waals surface area contributed by atoms with E-state index in [4.69, 9.17) is 4.74 Å². The summed E-state index contributed by atoms with van der Waals surface area (Å²) >= 11 is 0. The van der Waals surface area contributed by atoms with Gasteiger partial charge in [-0.2, -0.15) is 0 Å². The largest absolute Gasteiger partial charge is 0.379 e. The van der Waals surface area contributed by atoms with Crippen LogP contribution in [0.15, 0.2) is 61.2 Å². The van der Waals surface area contributed by atoms with Gasteiger partial charge in [0, 0.05) is 12.2 Å². The van der Waals surface area contributed by atoms with E-state index in [1.807, 2.05) is 36.4 Å². The number of benzene rings is 2. The Morgan fingerprint density at radius 1 is 1.07 bits per heavy atom. The molecule has 29 heavy (non-hydrogen) atoms. The summed E-state index contributed by atoms with van der Waals surface area (Å²) in [5.74, 6) is -0.182. The fourth-order valence-electron chi connectivity index (χ4n) is 3.32. The van der Waals surface area contributed by atoms with Gasteiger partial charge >= 0.3 is 0 Å². The Kier molecular flexibility index (Phi) is 10.4. The highest BCUT2D eigenvalue weighted by molar-refractivity contribution is 5.66. The highest BCUT2D eigenvalue weighted by Crippen LogP contribution is 2.24. The van der Waals surface area contributed by atoms with Gasteiger partial charge in [-0.25, -0.2) is 4.39 Å². The molecule has 0 saturated carbocycles. The molecule has 0 heterocycles. The Balaban J connectivity index is 1.78. The lowest BCUT2D eigenvalue weighted by molar-refractivity contribution is 0.0566. The minimum absolute atomic E-state index is 0.182. The van der Waals surface area contributed by atoms with Gasteiger partial charge in [-0.15, -0.1) is 6.58 Å². The number of rotatable bonds is 13. The average molecular weight is 395 g/mol. The minimum Gasteiger partial charge on any atom is -0.379 e. The maximum atomic E-state index is 14.4. The van der Waals surface area contributed by atoms with Gasteiger partial charge in [-0.1, -0.05) is 74.4 Å². The van der Waals surface area contributed by atoms with Crippen LogP contribution in [0.25, 0.3) is 17.2 Å². The zero-order valence-electron chi connectivity index (χ0n) is 18.0. The normalized spacial score (nSPS) is 12.4. The number of ether oxygens (including phenoxy) is 1. The summed E-state index contributed by atoms with van der Waals surface area (Å²) in [6.07, 6.45) is 14.1. The van der Waals surface area contributed by atoms with Crippen molar-refractivity contribution in [3.63, 3.8) is 0 Å². The maximum absolute atomic E-state index is 14.4. The van der Waals surface area contributed by atoms with Gasteiger partial charge < -0.3 is 4.74 Å². The second kappa shape index (κ2) is 13.1. The van der Waals surface area contributed by atoms with E-state index in [-0.39, 0.29) is 5.82 Å². The molecule has 0 aliphatic carbocycles. The van der Waals surface area contributed by atoms with Gasteiger partial charge in [0.1, 0.15) is 5.82 Å². The fourth-order valence-corrected chi connectivity index (χ4v) is 3.32. The Labute approximate surface area is 176 Å². The lowest BCUT2D eigenvalue weighted by atomic mass is 10.0. The summed E-state index contributed by atoms with van der Waals surface area (Å²) in [6.45, 7) is 8.96. The molecule has 0 N–H and O–H groups in total. The summed E-state index contributed by atoms with van der Waals surface area (Å²) in [7, 11) is 0. The molecule has 0 amide bonds. The van der Waals surface area contributed by atoms with Crippen LogP contribution in [0.5, 0.6) is 0 Å². The van der Waals surface area contributed by atoms with E-state index < -0.39 is 0 Å². The molecule has 2 rings (SSSR count). The molecule has 0 spiro atoms. The second-order valence-electron chi connectivity index (χ2n) is 7.65. The summed E-state index contributed by atoms with van der Waals surface area (Å²) < 4.78 is 20.2. The molecule has 2 heteroatoms. The second-order valence-corrected chi connectivity index (χ2v) is 7.65. The van der Waals surface area contributed by atoms with Crippen LogP contribution in [0.2, 0.25) is 0 Å². The van der Waals surface area contributed by atoms with Crippen LogP contribution in [0, 0.1) is 5.82 Å². The zero-order valence-corrected chi connectivity index (χ0v) is 18.0. The van der Waals surface area contributed by atoms with E-state index in [0.29, 0.717) is 18.1 Å². The topological polar surface area (TPSA) is 9.23 Å². The first-order chi connectivity index (χ1) is 14.1. The molecule has 2 aromatic carbocycles. The van der Waals surface area contributed by atoms with Crippen LogP contribution in [0.3, 0.4) is 0 Å². The smallest absolute Gasteiger partial charge is 0.131 e. The van der Waals surface area contributed by atoms with Crippen molar-refractivity contribution in [3.05, 3.63) is 78.1 Å². The fraction of sp³-hybridized carbons (Fsp3) is 0.407. The van der Waals surface area contributed by atoms with Crippen LogP contribution in [0.1, 0.15) is 63.5 Å². The van der Waals surface area contributed by atoms with E-state index in [2.05, 4.69) is 32.6 Å². The first-order valence-electron chi connectivity index (χ1n) is 10.9. The predicted octanol–water partition coefficient (Wildman–Crippen LogP) is 8.00. The van der Waals surface area contributed by atoms with E-state index in [0.717, 1.165) is 42.6 Å². The average Bonchev–Trinajstić information content (AvgIpc) is 2.72.